The molecule has 3 aromatic rings. The first-order chi connectivity index (χ1) is 12.7. The number of methoxy groups -OCH3 is 1. The van der Waals surface area contributed by atoms with Gasteiger partial charge < -0.3 is 14.4 Å². The van der Waals surface area contributed by atoms with Crippen LogP contribution in [-0.2, 0) is 0 Å². The van der Waals surface area contributed by atoms with Crippen molar-refractivity contribution in [2.45, 2.75) is 20.3 Å². The van der Waals surface area contributed by atoms with Crippen LogP contribution >= 0.6 is 0 Å². The number of fused-ring (bicyclic) bond motifs is 1. The number of imidazole rings is 1. The summed E-state index contributed by atoms with van der Waals surface area (Å²) in [5.41, 5.74) is 2.70. The first-order valence-corrected chi connectivity index (χ1v) is 9.09. The van der Waals surface area contributed by atoms with Gasteiger partial charge in [-0.05, 0) is 37.7 Å². The molecule has 0 aliphatic heterocycles. The van der Waals surface area contributed by atoms with Gasteiger partial charge in [0.05, 0.1) is 25.6 Å². The van der Waals surface area contributed by atoms with E-state index in [4.69, 9.17) is 9.47 Å². The molecule has 3 rings (SSSR count). The van der Waals surface area contributed by atoms with Crippen LogP contribution < -0.4 is 9.47 Å². The Bertz CT molecular complexity index is 843. The molecule has 0 saturated carbocycles. The molecule has 26 heavy (non-hydrogen) atoms. The van der Waals surface area contributed by atoms with Gasteiger partial charge in [0.15, 0.2) is 5.65 Å². The first kappa shape index (κ1) is 18.2. The molecule has 0 aliphatic rings. The molecule has 1 aromatic carbocycles. The predicted octanol–water partition coefficient (Wildman–Crippen LogP) is 3.52. The van der Waals surface area contributed by atoms with Crippen molar-refractivity contribution in [3.8, 4) is 22.9 Å². The largest absolute Gasteiger partial charge is 0.497 e. The maximum Gasteiger partial charge on any atom is 0.231 e. The molecular weight excluding hydrogens is 328 g/mol. The molecule has 138 valence electrons. The Kier molecular flexibility index (Phi) is 6.07. The summed E-state index contributed by atoms with van der Waals surface area (Å²) in [5.74, 6) is 1.42. The fraction of sp³-hybridized carbons (Fsp3) is 0.400. The lowest BCUT2D eigenvalue weighted by molar-refractivity contribution is 0.242. The van der Waals surface area contributed by atoms with E-state index in [1.807, 2.05) is 47.1 Å². The van der Waals surface area contributed by atoms with Crippen molar-refractivity contribution in [3.05, 3.63) is 42.6 Å². The van der Waals surface area contributed by atoms with Crippen molar-refractivity contribution in [2.75, 3.05) is 33.4 Å². The lowest BCUT2D eigenvalue weighted by Gasteiger charge is -2.17. The third-order valence-electron chi connectivity index (χ3n) is 4.47. The monoisotopic (exact) mass is 354 g/mol. The SMILES string of the molecule is CCN(CC)CCCOc1ccc2ncc(-c3cccc(OC)c3)n2n1. The molecular formula is C20H26N4O2. The van der Waals surface area contributed by atoms with E-state index >= 15 is 0 Å². The number of ether oxygens (including phenoxy) is 2. The van der Waals surface area contributed by atoms with Gasteiger partial charge in [0.2, 0.25) is 5.88 Å². The molecule has 0 fully saturated rings. The van der Waals surface area contributed by atoms with Crippen molar-refractivity contribution in [3.63, 3.8) is 0 Å². The molecule has 0 bridgehead atoms. The minimum absolute atomic E-state index is 0.610. The second-order valence-corrected chi connectivity index (χ2v) is 6.05. The zero-order valence-electron chi connectivity index (χ0n) is 15.7. The zero-order chi connectivity index (χ0) is 18.4. The fourth-order valence-corrected chi connectivity index (χ4v) is 2.92. The zero-order valence-corrected chi connectivity index (χ0v) is 15.7. The van der Waals surface area contributed by atoms with Crippen LogP contribution in [0.4, 0.5) is 0 Å². The van der Waals surface area contributed by atoms with Gasteiger partial charge in [0.25, 0.3) is 0 Å². The van der Waals surface area contributed by atoms with Crippen LogP contribution in [0.3, 0.4) is 0 Å². The van der Waals surface area contributed by atoms with Crippen LogP contribution in [0.25, 0.3) is 16.9 Å². The van der Waals surface area contributed by atoms with E-state index in [9.17, 15) is 0 Å². The number of hydrogen-bond acceptors (Lipinski definition) is 5. The average molecular weight is 354 g/mol. The van der Waals surface area contributed by atoms with Crippen molar-refractivity contribution >= 4 is 5.65 Å². The summed E-state index contributed by atoms with van der Waals surface area (Å²) in [6.45, 7) is 8.19. The van der Waals surface area contributed by atoms with E-state index in [0.29, 0.717) is 12.5 Å². The minimum Gasteiger partial charge on any atom is -0.497 e. The molecule has 0 amide bonds. The summed E-state index contributed by atoms with van der Waals surface area (Å²) in [5, 5.41) is 4.60. The number of hydrogen-bond donors (Lipinski definition) is 0. The smallest absolute Gasteiger partial charge is 0.231 e. The minimum atomic E-state index is 0.610. The maximum absolute atomic E-state index is 5.85. The highest BCUT2D eigenvalue weighted by Crippen LogP contribution is 2.24. The lowest BCUT2D eigenvalue weighted by Crippen LogP contribution is -2.25. The van der Waals surface area contributed by atoms with E-state index in [-0.39, 0.29) is 0 Å². The maximum atomic E-state index is 5.85. The predicted molar refractivity (Wildman–Crippen MR) is 103 cm³/mol. The Morgan fingerprint density at radius 1 is 1.12 bits per heavy atom. The molecule has 2 heterocycles. The Labute approximate surface area is 154 Å². The average Bonchev–Trinajstić information content (AvgIpc) is 3.11. The van der Waals surface area contributed by atoms with Crippen LogP contribution in [0.2, 0.25) is 0 Å². The molecule has 6 heteroatoms. The van der Waals surface area contributed by atoms with Crippen LogP contribution in [0, 0.1) is 0 Å². The molecule has 0 radical (unpaired) electrons. The molecule has 0 saturated heterocycles. The van der Waals surface area contributed by atoms with Crippen LogP contribution in [-0.4, -0.2) is 52.8 Å². The van der Waals surface area contributed by atoms with E-state index < -0.39 is 0 Å². The van der Waals surface area contributed by atoms with E-state index in [1.54, 1.807) is 7.11 Å². The van der Waals surface area contributed by atoms with Gasteiger partial charge in [-0.15, -0.1) is 5.10 Å². The highest BCUT2D eigenvalue weighted by molar-refractivity contribution is 5.64. The summed E-state index contributed by atoms with van der Waals surface area (Å²) in [4.78, 5) is 6.82. The van der Waals surface area contributed by atoms with E-state index in [0.717, 1.165) is 48.7 Å². The van der Waals surface area contributed by atoms with Crippen LogP contribution in [0.1, 0.15) is 20.3 Å². The molecule has 0 N–H and O–H groups in total. The second kappa shape index (κ2) is 8.67. The molecule has 6 nitrogen and oxygen atoms in total. The van der Waals surface area contributed by atoms with Gasteiger partial charge >= 0.3 is 0 Å². The second-order valence-electron chi connectivity index (χ2n) is 6.05. The molecule has 0 aliphatic carbocycles. The topological polar surface area (TPSA) is 51.9 Å². The third-order valence-corrected chi connectivity index (χ3v) is 4.47. The Morgan fingerprint density at radius 2 is 1.96 bits per heavy atom. The summed E-state index contributed by atoms with van der Waals surface area (Å²) < 4.78 is 13.0. The Morgan fingerprint density at radius 3 is 2.73 bits per heavy atom. The first-order valence-electron chi connectivity index (χ1n) is 9.09. The van der Waals surface area contributed by atoms with Crippen molar-refractivity contribution in [1.29, 1.82) is 0 Å². The van der Waals surface area contributed by atoms with Gasteiger partial charge in [0.1, 0.15) is 5.75 Å². The van der Waals surface area contributed by atoms with Gasteiger partial charge in [0, 0.05) is 18.2 Å². The van der Waals surface area contributed by atoms with Crippen LogP contribution in [0.15, 0.2) is 42.6 Å². The summed E-state index contributed by atoms with van der Waals surface area (Å²) in [6.07, 6.45) is 2.80. The molecule has 0 atom stereocenters. The van der Waals surface area contributed by atoms with E-state index in [2.05, 4.69) is 28.8 Å². The van der Waals surface area contributed by atoms with Crippen molar-refractivity contribution in [2.24, 2.45) is 0 Å². The van der Waals surface area contributed by atoms with Gasteiger partial charge in [-0.2, -0.15) is 0 Å². The number of rotatable bonds is 9. The van der Waals surface area contributed by atoms with Crippen molar-refractivity contribution in [1.82, 2.24) is 19.5 Å². The lowest BCUT2D eigenvalue weighted by atomic mass is 10.1. The summed E-state index contributed by atoms with van der Waals surface area (Å²) in [7, 11) is 1.66. The molecule has 0 unspecified atom stereocenters. The number of aromatic nitrogens is 3. The molecule has 2 aromatic heterocycles. The highest BCUT2D eigenvalue weighted by Gasteiger charge is 2.09. The molecule has 0 spiro atoms. The summed E-state index contributed by atoms with van der Waals surface area (Å²) in [6, 6.07) is 11.7. The van der Waals surface area contributed by atoms with Crippen molar-refractivity contribution < 1.29 is 9.47 Å². The van der Waals surface area contributed by atoms with Gasteiger partial charge in [-0.25, -0.2) is 9.50 Å². The number of benzene rings is 1. The highest BCUT2D eigenvalue weighted by atomic mass is 16.5. The van der Waals surface area contributed by atoms with Gasteiger partial charge in [-0.3, -0.25) is 0 Å². The van der Waals surface area contributed by atoms with Crippen LogP contribution in [0.5, 0.6) is 11.6 Å². The Balaban J connectivity index is 1.73. The Hall–Kier alpha value is -2.60. The normalized spacial score (nSPS) is 11.2. The summed E-state index contributed by atoms with van der Waals surface area (Å²) >= 11 is 0. The van der Waals surface area contributed by atoms with E-state index in [1.165, 1.54) is 0 Å². The third kappa shape index (κ3) is 4.14. The fourth-order valence-electron chi connectivity index (χ4n) is 2.92. The quantitative estimate of drug-likeness (QED) is 0.550. The number of nitrogens with zero attached hydrogens (tertiary/aromatic N) is 4. The van der Waals surface area contributed by atoms with Gasteiger partial charge in [-0.1, -0.05) is 26.0 Å². The standard InChI is InChI=1S/C20H26N4O2/c1-4-23(5-2)12-7-13-26-20-11-10-19-21-15-18(24(19)22-20)16-8-6-9-17(14-16)25-3/h6,8-11,14-15H,4-5,7,12-13H2,1-3H3.